The Labute approximate surface area is 347 Å². The number of hydrogen-bond donors (Lipinski definition) is 4. The second-order valence-corrected chi connectivity index (χ2v) is 15.2. The van der Waals surface area contributed by atoms with E-state index in [-0.39, 0.29) is 36.4 Å². The second kappa shape index (κ2) is 25.5. The summed E-state index contributed by atoms with van der Waals surface area (Å²) in [4.78, 5) is 43.7. The summed E-state index contributed by atoms with van der Waals surface area (Å²) in [7, 11) is 4.43. The molecule has 2 heterocycles. The minimum atomic E-state index is -0.191. The summed E-state index contributed by atoms with van der Waals surface area (Å²) in [5, 5.41) is 32.0. The normalized spacial score (nSPS) is 13.4. The highest BCUT2D eigenvalue weighted by molar-refractivity contribution is 8.27. The molecule has 3 aromatic rings. The average Bonchev–Trinajstić information content (AvgIpc) is 3.72. The molecule has 4 N–H and O–H groups in total. The molecule has 11 nitrogen and oxygen atoms in total. The number of nitrogens with one attached hydrogen (secondary N) is 1. The van der Waals surface area contributed by atoms with Crippen molar-refractivity contribution in [1.82, 2.24) is 5.32 Å². The van der Waals surface area contributed by atoms with Gasteiger partial charge in [-0.15, -0.1) is 18.3 Å². The third-order valence-corrected chi connectivity index (χ3v) is 10.1. The van der Waals surface area contributed by atoms with Crippen molar-refractivity contribution in [3.63, 3.8) is 0 Å². The highest BCUT2D eigenvalue weighted by Crippen LogP contribution is 2.35. The van der Waals surface area contributed by atoms with Gasteiger partial charge in [0.05, 0.1) is 36.2 Å². The number of rotatable bonds is 12. The predicted octanol–water partition coefficient (Wildman–Crippen LogP) is 8.61. The smallest absolute Gasteiger partial charge is 0.263 e. The van der Waals surface area contributed by atoms with E-state index < -0.39 is 0 Å². The number of Topliss-reactive ketones (excluding diaryl/α,β-unsaturated/α-hetero) is 1. The van der Waals surface area contributed by atoms with Crippen molar-refractivity contribution in [2.45, 2.75) is 59.8 Å². The Kier molecular flexibility index (Phi) is 22.4. The quantitative estimate of drug-likeness (QED) is 0.0592. The van der Waals surface area contributed by atoms with E-state index in [1.165, 1.54) is 57.0 Å². The van der Waals surface area contributed by atoms with Gasteiger partial charge in [-0.2, -0.15) is 0 Å². The highest BCUT2D eigenvalue weighted by atomic mass is 32.2. The van der Waals surface area contributed by atoms with Crippen LogP contribution in [-0.4, -0.2) is 75.2 Å². The molecule has 0 spiro atoms. The molecule has 0 aromatic heterocycles. The van der Waals surface area contributed by atoms with Gasteiger partial charge in [-0.05, 0) is 78.4 Å². The zero-order valence-corrected chi connectivity index (χ0v) is 34.5. The zero-order chi connectivity index (χ0) is 41.1. The molecule has 302 valence electrons. The molecule has 0 radical (unpaired) electrons. The largest absolute Gasteiger partial charge is 0.504 e. The number of aromatic hydroxyl groups is 3. The van der Waals surface area contributed by atoms with E-state index in [0.29, 0.717) is 68.0 Å². The van der Waals surface area contributed by atoms with Crippen LogP contribution in [0.15, 0.2) is 54.0 Å². The summed E-state index contributed by atoms with van der Waals surface area (Å²) in [5.41, 5.74) is 4.03. The lowest BCUT2D eigenvalue weighted by molar-refractivity contribution is -0.116. The van der Waals surface area contributed by atoms with Crippen LogP contribution < -0.4 is 19.5 Å². The molecule has 2 saturated heterocycles. The molecule has 0 saturated carbocycles. The lowest BCUT2D eigenvalue weighted by Crippen LogP contribution is -2.17. The molecule has 2 aliphatic rings. The van der Waals surface area contributed by atoms with Crippen LogP contribution in [0.3, 0.4) is 0 Å². The number of phenolic OH excluding ortho intramolecular Hbond substituents is 3. The van der Waals surface area contributed by atoms with Crippen LogP contribution in [0.2, 0.25) is 0 Å². The van der Waals surface area contributed by atoms with Crippen molar-refractivity contribution < 1.29 is 48.7 Å². The molecule has 0 bridgehead atoms. The Hall–Kier alpha value is -4.70. The number of thioether (sulfide) groups is 2. The molecular formula is C41H49NO10S4. The van der Waals surface area contributed by atoms with Gasteiger partial charge in [-0.1, -0.05) is 76.4 Å². The first-order valence-electron chi connectivity index (χ1n) is 16.9. The minimum Gasteiger partial charge on any atom is -0.504 e. The zero-order valence-electron chi connectivity index (χ0n) is 31.3. The van der Waals surface area contributed by atoms with Crippen LogP contribution in [0, 0.1) is 0 Å². The number of carbonyl (C=O) groups excluding carboxylic acids is 4. The van der Waals surface area contributed by atoms with E-state index in [1.807, 2.05) is 19.9 Å². The Morgan fingerprint density at radius 1 is 0.768 bits per heavy atom. The summed E-state index contributed by atoms with van der Waals surface area (Å²) < 4.78 is 16.4. The van der Waals surface area contributed by atoms with Crippen LogP contribution in [0.4, 0.5) is 0 Å². The van der Waals surface area contributed by atoms with Gasteiger partial charge >= 0.3 is 0 Å². The lowest BCUT2D eigenvalue weighted by Gasteiger charge is -2.10. The number of amides is 1. The van der Waals surface area contributed by atoms with Gasteiger partial charge in [0.1, 0.15) is 22.7 Å². The Morgan fingerprint density at radius 3 is 1.55 bits per heavy atom. The number of hydrogen-bond acceptors (Lipinski definition) is 14. The van der Waals surface area contributed by atoms with Crippen molar-refractivity contribution in [3.8, 4) is 34.5 Å². The van der Waals surface area contributed by atoms with Crippen LogP contribution in [-0.2, 0) is 28.9 Å². The number of benzene rings is 3. The molecule has 2 aliphatic heterocycles. The molecule has 5 rings (SSSR count). The number of ether oxygens (including phenoxy) is 3. The minimum absolute atomic E-state index is 0. The molecule has 1 amide bonds. The predicted molar refractivity (Wildman–Crippen MR) is 234 cm³/mol. The van der Waals surface area contributed by atoms with Gasteiger partial charge in [0.25, 0.3) is 5.91 Å². The van der Waals surface area contributed by atoms with Gasteiger partial charge in [0.2, 0.25) is 0 Å². The molecule has 3 aromatic carbocycles. The molecular weight excluding hydrogens is 795 g/mol. The fraction of sp³-hybridized carbons (Fsp3) is 0.317. The maximum atomic E-state index is 11.7. The number of ketones is 1. The standard InChI is InChI=1S/C14H15NO3S2.C11H14O3.C11H12O3.C4H4OS2.CH4/c1-3-4-9-5-8(6-10(18-2)12(9)16)7-11-13(17)15-14(19)20-11;2*1-3-4-9-5-8(7-12)6-10(14-2)11(9)13;5-3-1-4(6)7-2-3;/h5-7,16H,3-4H2,1-2H3,(H,15,17,19);5-7,13H,3-4H2,1-2H3;3,5-7,13H,1,4H2,2H3;1-2H2;1H4/b11-7+;;;;. The second-order valence-electron chi connectivity index (χ2n) is 11.6. The van der Waals surface area contributed by atoms with E-state index in [4.69, 9.17) is 38.6 Å². The topological polar surface area (TPSA) is 169 Å². The Morgan fingerprint density at radius 2 is 1.21 bits per heavy atom. The van der Waals surface area contributed by atoms with E-state index in [0.717, 1.165) is 52.9 Å². The van der Waals surface area contributed by atoms with Crippen molar-refractivity contribution in [2.75, 3.05) is 27.1 Å². The number of phenols is 3. The number of carbonyl (C=O) groups is 4. The monoisotopic (exact) mass is 843 g/mol. The first kappa shape index (κ1) is 49.3. The number of methoxy groups -OCH3 is 3. The molecule has 0 atom stereocenters. The number of aldehydes is 2. The maximum Gasteiger partial charge on any atom is 0.263 e. The number of thiocarbonyl (C=S) groups is 2. The summed E-state index contributed by atoms with van der Waals surface area (Å²) in [6.45, 7) is 7.62. The Balaban J connectivity index is 0.000000390. The van der Waals surface area contributed by atoms with E-state index in [1.54, 1.807) is 30.4 Å². The van der Waals surface area contributed by atoms with Gasteiger partial charge in [-0.3, -0.25) is 19.2 Å². The van der Waals surface area contributed by atoms with Crippen LogP contribution >= 0.6 is 48.0 Å². The molecule has 2 fully saturated rings. The molecule has 0 aliphatic carbocycles. The fourth-order valence-electron chi connectivity index (χ4n) is 4.98. The van der Waals surface area contributed by atoms with Gasteiger partial charge in [-0.25, -0.2) is 0 Å². The SMILES string of the molecule is C.C=CCc1cc(C=O)cc(OC)c1O.CCCc1cc(/C=C2/SC(=S)NC2=O)cc(OC)c1O.CCCc1cc(C=O)cc(OC)c1O.O=C1CSC(=S)C1. The van der Waals surface area contributed by atoms with Gasteiger partial charge < -0.3 is 34.8 Å². The first-order valence-corrected chi connectivity index (χ1v) is 19.5. The average molecular weight is 844 g/mol. The highest BCUT2D eigenvalue weighted by Gasteiger charge is 2.22. The van der Waals surface area contributed by atoms with E-state index >= 15 is 0 Å². The van der Waals surface area contributed by atoms with Crippen molar-refractivity contribution in [1.29, 1.82) is 0 Å². The summed E-state index contributed by atoms with van der Waals surface area (Å²) in [6, 6.07) is 9.90. The number of aryl methyl sites for hydroxylation is 2. The van der Waals surface area contributed by atoms with E-state index in [9.17, 15) is 34.5 Å². The van der Waals surface area contributed by atoms with Crippen LogP contribution in [0.5, 0.6) is 34.5 Å². The third-order valence-electron chi connectivity index (χ3n) is 7.54. The van der Waals surface area contributed by atoms with Gasteiger partial charge in [0, 0.05) is 23.1 Å². The van der Waals surface area contributed by atoms with Crippen molar-refractivity contribution >= 4 is 86.8 Å². The Bertz CT molecular complexity index is 1910. The fourth-order valence-corrected chi connectivity index (χ4v) is 7.05. The molecule has 0 unspecified atom stereocenters. The van der Waals surface area contributed by atoms with Crippen molar-refractivity contribution in [2.24, 2.45) is 0 Å². The van der Waals surface area contributed by atoms with Crippen molar-refractivity contribution in [3.05, 3.63) is 87.3 Å². The lowest BCUT2D eigenvalue weighted by atomic mass is 10.0. The maximum absolute atomic E-state index is 11.7. The molecule has 15 heteroatoms. The summed E-state index contributed by atoms with van der Waals surface area (Å²) >= 11 is 12.4. The van der Waals surface area contributed by atoms with Gasteiger partial charge in [0.15, 0.2) is 34.5 Å². The first-order chi connectivity index (χ1) is 26.3. The summed E-state index contributed by atoms with van der Waals surface area (Å²) in [5.74, 6) is 2.14. The molecule has 56 heavy (non-hydrogen) atoms. The third kappa shape index (κ3) is 15.1. The van der Waals surface area contributed by atoms with Crippen LogP contribution in [0.25, 0.3) is 6.08 Å². The van der Waals surface area contributed by atoms with E-state index in [2.05, 4.69) is 11.9 Å². The van der Waals surface area contributed by atoms with Crippen LogP contribution in [0.1, 0.15) is 83.5 Å². The summed E-state index contributed by atoms with van der Waals surface area (Å²) in [6.07, 6.45) is 9.22. The number of allylic oxidation sites excluding steroid dienone is 1.